The van der Waals surface area contributed by atoms with Crippen LogP contribution < -0.4 is 19.5 Å². The van der Waals surface area contributed by atoms with Gasteiger partial charge in [0.05, 0.1) is 32.5 Å². The topological polar surface area (TPSA) is 90.3 Å². The fraction of sp³-hybridized carbons (Fsp3) is 0.346. The molecule has 38 heavy (non-hydrogen) atoms. The SMILES string of the molecule is COc1cc2c(cc1OCCCN1CCOCC1)C=Nc1c(Nc3cccc(C(F)(F)F)c3)ncnc1O2. The Bertz CT molecular complexity index is 1310. The van der Waals surface area contributed by atoms with Crippen LogP contribution in [0.4, 0.5) is 30.4 Å². The number of hydrogen-bond acceptors (Lipinski definition) is 9. The van der Waals surface area contributed by atoms with Crippen molar-refractivity contribution in [1.29, 1.82) is 0 Å². The molecule has 1 N–H and O–H groups in total. The lowest BCUT2D eigenvalue weighted by molar-refractivity contribution is -0.137. The summed E-state index contributed by atoms with van der Waals surface area (Å²) in [5, 5.41) is 2.89. The summed E-state index contributed by atoms with van der Waals surface area (Å²) in [5.74, 6) is 1.82. The maximum Gasteiger partial charge on any atom is 0.416 e. The molecule has 0 saturated carbocycles. The lowest BCUT2D eigenvalue weighted by Gasteiger charge is -2.26. The summed E-state index contributed by atoms with van der Waals surface area (Å²) in [6, 6.07) is 8.28. The summed E-state index contributed by atoms with van der Waals surface area (Å²) in [7, 11) is 1.54. The van der Waals surface area contributed by atoms with Crippen LogP contribution in [0, 0.1) is 0 Å². The van der Waals surface area contributed by atoms with Gasteiger partial charge < -0.3 is 24.3 Å². The number of fused-ring (bicyclic) bond motifs is 2. The minimum absolute atomic E-state index is 0.144. The molecule has 0 unspecified atom stereocenters. The Labute approximate surface area is 217 Å². The number of hydrogen-bond donors (Lipinski definition) is 1. The Balaban J connectivity index is 1.33. The molecule has 3 heterocycles. The van der Waals surface area contributed by atoms with Crippen LogP contribution in [0.3, 0.4) is 0 Å². The smallest absolute Gasteiger partial charge is 0.416 e. The molecule has 0 atom stereocenters. The summed E-state index contributed by atoms with van der Waals surface area (Å²) >= 11 is 0. The van der Waals surface area contributed by atoms with Crippen molar-refractivity contribution >= 4 is 23.4 Å². The van der Waals surface area contributed by atoms with Gasteiger partial charge in [0.2, 0.25) is 0 Å². The van der Waals surface area contributed by atoms with E-state index in [2.05, 4.69) is 25.2 Å². The number of ether oxygens (including phenoxy) is 4. The number of nitrogens with zero attached hydrogens (tertiary/aromatic N) is 4. The van der Waals surface area contributed by atoms with E-state index in [0.717, 1.165) is 51.4 Å². The van der Waals surface area contributed by atoms with Gasteiger partial charge in [0.15, 0.2) is 23.0 Å². The fourth-order valence-corrected chi connectivity index (χ4v) is 4.11. The molecule has 5 rings (SSSR count). The lowest BCUT2D eigenvalue weighted by atomic mass is 10.2. The Hall–Kier alpha value is -3.90. The summed E-state index contributed by atoms with van der Waals surface area (Å²) in [6.45, 7) is 4.76. The Morgan fingerprint density at radius 1 is 1.08 bits per heavy atom. The number of halogens is 3. The zero-order valence-electron chi connectivity index (χ0n) is 20.6. The molecule has 200 valence electrons. The average Bonchev–Trinajstić information content (AvgIpc) is 3.10. The molecule has 0 amide bonds. The van der Waals surface area contributed by atoms with Crippen LogP contribution in [-0.2, 0) is 10.9 Å². The van der Waals surface area contributed by atoms with Crippen molar-refractivity contribution in [2.24, 2.45) is 4.99 Å². The highest BCUT2D eigenvalue weighted by molar-refractivity contribution is 5.90. The second-order valence-electron chi connectivity index (χ2n) is 8.64. The van der Waals surface area contributed by atoms with Crippen molar-refractivity contribution < 1.29 is 32.1 Å². The number of benzene rings is 2. The maximum absolute atomic E-state index is 13.1. The molecule has 9 nitrogen and oxygen atoms in total. The highest BCUT2D eigenvalue weighted by atomic mass is 19.4. The van der Waals surface area contributed by atoms with Crippen molar-refractivity contribution in [3.63, 3.8) is 0 Å². The highest BCUT2D eigenvalue weighted by Gasteiger charge is 2.30. The number of methoxy groups -OCH3 is 1. The van der Waals surface area contributed by atoms with Crippen LogP contribution in [0.1, 0.15) is 17.5 Å². The van der Waals surface area contributed by atoms with Crippen molar-refractivity contribution in [1.82, 2.24) is 14.9 Å². The van der Waals surface area contributed by atoms with Crippen LogP contribution in [0.25, 0.3) is 0 Å². The van der Waals surface area contributed by atoms with E-state index in [9.17, 15) is 13.2 Å². The number of aliphatic imine (C=N–C) groups is 1. The molecular weight excluding hydrogens is 503 g/mol. The van der Waals surface area contributed by atoms with E-state index in [1.54, 1.807) is 25.5 Å². The van der Waals surface area contributed by atoms with Gasteiger partial charge in [0, 0.05) is 43.2 Å². The first-order valence-corrected chi connectivity index (χ1v) is 12.1. The van der Waals surface area contributed by atoms with Crippen molar-refractivity contribution in [3.05, 3.63) is 53.9 Å². The molecule has 1 fully saturated rings. The predicted octanol–water partition coefficient (Wildman–Crippen LogP) is 5.21. The number of alkyl halides is 3. The molecule has 2 aliphatic rings. The third kappa shape index (κ3) is 5.97. The van der Waals surface area contributed by atoms with E-state index in [-0.39, 0.29) is 23.1 Å². The zero-order chi connectivity index (χ0) is 26.5. The molecule has 1 saturated heterocycles. The number of nitrogens with one attached hydrogen (secondary N) is 1. The first kappa shape index (κ1) is 25.7. The molecule has 0 radical (unpaired) electrons. The first-order chi connectivity index (χ1) is 18.4. The number of anilines is 2. The van der Waals surface area contributed by atoms with Crippen molar-refractivity contribution in [3.8, 4) is 23.1 Å². The number of aromatic nitrogens is 2. The Morgan fingerprint density at radius 2 is 1.92 bits per heavy atom. The van der Waals surface area contributed by atoms with Gasteiger partial charge in [-0.1, -0.05) is 6.07 Å². The fourth-order valence-electron chi connectivity index (χ4n) is 4.11. The predicted molar refractivity (Wildman–Crippen MR) is 134 cm³/mol. The third-order valence-corrected chi connectivity index (χ3v) is 6.06. The summed E-state index contributed by atoms with van der Waals surface area (Å²) in [5.41, 5.74) is 0.288. The minimum Gasteiger partial charge on any atom is -0.493 e. The van der Waals surface area contributed by atoms with E-state index in [0.29, 0.717) is 29.4 Å². The van der Waals surface area contributed by atoms with Crippen molar-refractivity contribution in [2.45, 2.75) is 12.6 Å². The van der Waals surface area contributed by atoms with E-state index >= 15 is 0 Å². The van der Waals surface area contributed by atoms with Crippen LogP contribution in [0.15, 0.2) is 47.7 Å². The normalized spacial score (nSPS) is 15.2. The van der Waals surface area contributed by atoms with Crippen molar-refractivity contribution in [2.75, 3.05) is 51.9 Å². The van der Waals surface area contributed by atoms with Crippen LogP contribution in [0.2, 0.25) is 0 Å². The number of rotatable bonds is 8. The van der Waals surface area contributed by atoms with Crippen LogP contribution in [-0.4, -0.2) is 67.6 Å². The number of morpholine rings is 1. The summed E-state index contributed by atoms with van der Waals surface area (Å²) < 4.78 is 62.3. The Kier molecular flexibility index (Phi) is 7.61. The second kappa shape index (κ2) is 11.2. The molecule has 1 aromatic heterocycles. The summed E-state index contributed by atoms with van der Waals surface area (Å²) in [6.07, 6.45) is -0.804. The molecule has 2 aromatic carbocycles. The zero-order valence-corrected chi connectivity index (χ0v) is 20.6. The molecule has 0 bridgehead atoms. The van der Waals surface area contributed by atoms with Gasteiger partial charge in [0.1, 0.15) is 12.1 Å². The van der Waals surface area contributed by atoms with Crippen LogP contribution in [0.5, 0.6) is 23.1 Å². The van der Waals surface area contributed by atoms with Gasteiger partial charge in [-0.3, -0.25) is 4.90 Å². The van der Waals surface area contributed by atoms with Gasteiger partial charge in [-0.15, -0.1) is 0 Å². The van der Waals surface area contributed by atoms with Gasteiger partial charge in [-0.05, 0) is 30.7 Å². The van der Waals surface area contributed by atoms with E-state index < -0.39 is 11.7 Å². The highest BCUT2D eigenvalue weighted by Crippen LogP contribution is 2.43. The van der Waals surface area contributed by atoms with E-state index in [1.807, 2.05) is 0 Å². The Morgan fingerprint density at radius 3 is 2.71 bits per heavy atom. The molecular formula is C26H26F3N5O4. The standard InChI is InChI=1S/C26H26F3N5O4/c1-35-21-14-20-17(12-22(21)37-9-3-6-34-7-10-36-11-8-34)15-30-23-24(31-16-32-25(23)38-20)33-19-5-2-4-18(13-19)26(27,28)29/h2,4-5,12-16H,3,6-11H2,1H3,(H,31,32,33). The quantitative estimate of drug-likeness (QED) is 0.312. The van der Waals surface area contributed by atoms with Gasteiger partial charge in [-0.25, -0.2) is 9.98 Å². The van der Waals surface area contributed by atoms with Gasteiger partial charge in [0.25, 0.3) is 5.88 Å². The molecule has 0 spiro atoms. The minimum atomic E-state index is -4.47. The average molecular weight is 530 g/mol. The first-order valence-electron chi connectivity index (χ1n) is 12.1. The summed E-state index contributed by atoms with van der Waals surface area (Å²) in [4.78, 5) is 15.1. The molecule has 0 aliphatic carbocycles. The largest absolute Gasteiger partial charge is 0.493 e. The second-order valence-corrected chi connectivity index (χ2v) is 8.64. The molecule has 12 heteroatoms. The van der Waals surface area contributed by atoms with Gasteiger partial charge >= 0.3 is 6.18 Å². The molecule has 3 aromatic rings. The molecule has 2 aliphatic heterocycles. The lowest BCUT2D eigenvalue weighted by Crippen LogP contribution is -2.37. The monoisotopic (exact) mass is 529 g/mol. The van der Waals surface area contributed by atoms with Gasteiger partial charge in [-0.2, -0.15) is 18.2 Å². The van der Waals surface area contributed by atoms with E-state index in [1.165, 1.54) is 18.5 Å². The van der Waals surface area contributed by atoms with Crippen LogP contribution >= 0.6 is 0 Å². The van der Waals surface area contributed by atoms with E-state index in [4.69, 9.17) is 18.9 Å². The maximum atomic E-state index is 13.1. The third-order valence-electron chi connectivity index (χ3n) is 6.06.